The highest BCUT2D eigenvalue weighted by Crippen LogP contribution is 2.27. The molecule has 0 aromatic heterocycles. The number of aryl methyl sites for hydroxylation is 1. The summed E-state index contributed by atoms with van der Waals surface area (Å²) in [6.45, 7) is 7.23. The lowest BCUT2D eigenvalue weighted by Crippen LogP contribution is -2.46. The van der Waals surface area contributed by atoms with Gasteiger partial charge >= 0.3 is 0 Å². The van der Waals surface area contributed by atoms with E-state index in [0.29, 0.717) is 0 Å². The van der Waals surface area contributed by atoms with Gasteiger partial charge in [-0.3, -0.25) is 9.69 Å². The molecule has 1 fully saturated rings. The van der Waals surface area contributed by atoms with E-state index in [4.69, 9.17) is 0 Å². The van der Waals surface area contributed by atoms with E-state index in [2.05, 4.69) is 11.0 Å². The first kappa shape index (κ1) is 17.2. The molecule has 1 aromatic carbocycles. The van der Waals surface area contributed by atoms with Crippen LogP contribution in [0.15, 0.2) is 29.8 Å². The van der Waals surface area contributed by atoms with Gasteiger partial charge in [-0.05, 0) is 61.4 Å². The number of carbonyl (C=O) groups is 1. The van der Waals surface area contributed by atoms with Crippen molar-refractivity contribution in [3.63, 3.8) is 0 Å². The molecule has 0 saturated carbocycles. The van der Waals surface area contributed by atoms with Crippen molar-refractivity contribution < 1.29 is 9.18 Å². The maximum atomic E-state index is 13.5. The highest BCUT2D eigenvalue weighted by molar-refractivity contribution is 5.74. The monoisotopic (exact) mass is 330 g/mol. The minimum atomic E-state index is -0.168. The van der Waals surface area contributed by atoms with Crippen LogP contribution >= 0.6 is 0 Å². The van der Waals surface area contributed by atoms with E-state index in [1.807, 2.05) is 17.9 Å². The van der Waals surface area contributed by atoms with E-state index >= 15 is 0 Å². The third-order valence-electron chi connectivity index (χ3n) is 5.30. The van der Waals surface area contributed by atoms with Crippen LogP contribution in [0.25, 0.3) is 0 Å². The number of piperidine rings is 1. The van der Waals surface area contributed by atoms with Crippen molar-refractivity contribution in [1.82, 2.24) is 9.80 Å². The number of amides is 1. The van der Waals surface area contributed by atoms with Crippen LogP contribution in [0.3, 0.4) is 0 Å². The van der Waals surface area contributed by atoms with Crippen LogP contribution < -0.4 is 0 Å². The van der Waals surface area contributed by atoms with Crippen LogP contribution in [0.2, 0.25) is 0 Å². The molecule has 2 aliphatic heterocycles. The zero-order valence-corrected chi connectivity index (χ0v) is 14.7. The van der Waals surface area contributed by atoms with Crippen molar-refractivity contribution in [3.8, 4) is 0 Å². The second kappa shape index (κ2) is 7.47. The maximum absolute atomic E-state index is 13.5. The molecule has 2 aliphatic rings. The van der Waals surface area contributed by atoms with Crippen molar-refractivity contribution in [2.24, 2.45) is 0 Å². The topological polar surface area (TPSA) is 23.6 Å². The Morgan fingerprint density at radius 3 is 2.92 bits per heavy atom. The van der Waals surface area contributed by atoms with E-state index in [0.717, 1.165) is 56.6 Å². The SMILES string of the molecule is CC(=O)N1CCCC[C@H]1C1=CCCN(Cc2cc(F)ccc2C)C1. The maximum Gasteiger partial charge on any atom is 0.219 e. The summed E-state index contributed by atoms with van der Waals surface area (Å²) < 4.78 is 13.5. The summed E-state index contributed by atoms with van der Waals surface area (Å²) in [7, 11) is 0. The Morgan fingerprint density at radius 1 is 1.29 bits per heavy atom. The highest BCUT2D eigenvalue weighted by atomic mass is 19.1. The Balaban J connectivity index is 1.70. The number of likely N-dealkylation sites (tertiary alicyclic amines) is 1. The number of carbonyl (C=O) groups excluding carboxylic acids is 1. The summed E-state index contributed by atoms with van der Waals surface area (Å²) in [4.78, 5) is 16.4. The number of rotatable bonds is 3. The molecule has 0 aliphatic carbocycles. The predicted molar refractivity (Wildman–Crippen MR) is 94.1 cm³/mol. The minimum Gasteiger partial charge on any atom is -0.336 e. The molecule has 3 nitrogen and oxygen atoms in total. The Morgan fingerprint density at radius 2 is 2.12 bits per heavy atom. The summed E-state index contributed by atoms with van der Waals surface area (Å²) in [5.74, 6) is 0.0112. The molecule has 130 valence electrons. The summed E-state index contributed by atoms with van der Waals surface area (Å²) in [6.07, 6.45) is 6.69. The van der Waals surface area contributed by atoms with E-state index in [9.17, 15) is 9.18 Å². The normalized spacial score (nSPS) is 22.4. The van der Waals surface area contributed by atoms with Gasteiger partial charge in [0, 0.05) is 33.1 Å². The molecule has 0 radical (unpaired) electrons. The summed E-state index contributed by atoms with van der Waals surface area (Å²) in [5.41, 5.74) is 3.56. The number of nitrogens with zero attached hydrogens (tertiary/aromatic N) is 2. The standard InChI is InChI=1S/C20H27FN2O/c1-15-8-9-19(21)12-18(15)14-22-10-5-6-17(13-22)20-7-3-4-11-23(20)16(2)24/h6,8-9,12,20H,3-5,7,10-11,13-14H2,1-2H3/t20-/m0/s1. The number of halogens is 1. The average molecular weight is 330 g/mol. The number of benzene rings is 1. The fraction of sp³-hybridized carbons (Fsp3) is 0.550. The molecule has 0 N–H and O–H groups in total. The molecule has 0 bridgehead atoms. The van der Waals surface area contributed by atoms with Crippen molar-refractivity contribution in [3.05, 3.63) is 46.8 Å². The highest BCUT2D eigenvalue weighted by Gasteiger charge is 2.29. The fourth-order valence-corrected chi connectivity index (χ4v) is 3.96. The number of hydrogen-bond donors (Lipinski definition) is 0. The zero-order chi connectivity index (χ0) is 17.1. The van der Waals surface area contributed by atoms with Gasteiger partial charge in [0.15, 0.2) is 0 Å². The molecule has 0 unspecified atom stereocenters. The van der Waals surface area contributed by atoms with Gasteiger partial charge in [0.2, 0.25) is 5.91 Å². The summed E-state index contributed by atoms with van der Waals surface area (Å²) >= 11 is 0. The van der Waals surface area contributed by atoms with Crippen LogP contribution in [0.4, 0.5) is 4.39 Å². The van der Waals surface area contributed by atoms with E-state index in [-0.39, 0.29) is 17.8 Å². The second-order valence-electron chi connectivity index (χ2n) is 7.07. The van der Waals surface area contributed by atoms with Gasteiger partial charge < -0.3 is 4.90 Å². The van der Waals surface area contributed by atoms with Crippen LogP contribution in [0.5, 0.6) is 0 Å². The van der Waals surface area contributed by atoms with Crippen LogP contribution in [0, 0.1) is 12.7 Å². The second-order valence-corrected chi connectivity index (χ2v) is 7.07. The molecule has 1 atom stereocenters. The zero-order valence-electron chi connectivity index (χ0n) is 14.7. The first-order chi connectivity index (χ1) is 11.5. The van der Waals surface area contributed by atoms with Gasteiger partial charge in [-0.1, -0.05) is 12.1 Å². The van der Waals surface area contributed by atoms with Crippen molar-refractivity contribution >= 4 is 5.91 Å². The molecule has 1 saturated heterocycles. The minimum absolute atomic E-state index is 0.168. The molecule has 2 heterocycles. The third kappa shape index (κ3) is 3.86. The van der Waals surface area contributed by atoms with Gasteiger partial charge in [0.05, 0.1) is 6.04 Å². The average Bonchev–Trinajstić information content (AvgIpc) is 2.58. The van der Waals surface area contributed by atoms with E-state index < -0.39 is 0 Å². The Labute approximate surface area is 144 Å². The quantitative estimate of drug-likeness (QED) is 0.790. The predicted octanol–water partition coefficient (Wildman–Crippen LogP) is 3.67. The van der Waals surface area contributed by atoms with Crippen molar-refractivity contribution in [2.75, 3.05) is 19.6 Å². The molecule has 3 rings (SSSR count). The van der Waals surface area contributed by atoms with Crippen LogP contribution in [-0.2, 0) is 11.3 Å². The Hall–Kier alpha value is -1.68. The van der Waals surface area contributed by atoms with E-state index in [1.54, 1.807) is 13.0 Å². The lowest BCUT2D eigenvalue weighted by molar-refractivity contribution is -0.131. The third-order valence-corrected chi connectivity index (χ3v) is 5.30. The van der Waals surface area contributed by atoms with Gasteiger partial charge in [-0.25, -0.2) is 4.39 Å². The van der Waals surface area contributed by atoms with Crippen molar-refractivity contribution in [1.29, 1.82) is 0 Å². The molecule has 4 heteroatoms. The summed E-state index contributed by atoms with van der Waals surface area (Å²) in [6, 6.07) is 5.28. The lowest BCUT2D eigenvalue weighted by Gasteiger charge is -2.40. The first-order valence-corrected chi connectivity index (χ1v) is 8.98. The van der Waals surface area contributed by atoms with E-state index in [1.165, 1.54) is 18.1 Å². The molecule has 24 heavy (non-hydrogen) atoms. The van der Waals surface area contributed by atoms with Gasteiger partial charge in [0.25, 0.3) is 0 Å². The Kier molecular flexibility index (Phi) is 5.34. The lowest BCUT2D eigenvalue weighted by atomic mass is 9.92. The van der Waals surface area contributed by atoms with Gasteiger partial charge in [0.1, 0.15) is 5.82 Å². The van der Waals surface area contributed by atoms with Gasteiger partial charge in [-0.2, -0.15) is 0 Å². The number of hydrogen-bond acceptors (Lipinski definition) is 2. The molecular formula is C20H27FN2O. The Bertz CT molecular complexity index is 641. The molecule has 0 spiro atoms. The summed E-state index contributed by atoms with van der Waals surface area (Å²) in [5, 5.41) is 0. The van der Waals surface area contributed by atoms with Gasteiger partial charge in [-0.15, -0.1) is 0 Å². The molecule has 1 aromatic rings. The fourth-order valence-electron chi connectivity index (χ4n) is 3.96. The largest absolute Gasteiger partial charge is 0.336 e. The smallest absolute Gasteiger partial charge is 0.219 e. The van der Waals surface area contributed by atoms with Crippen molar-refractivity contribution in [2.45, 2.75) is 52.1 Å². The van der Waals surface area contributed by atoms with Crippen LogP contribution in [0.1, 0.15) is 43.7 Å². The van der Waals surface area contributed by atoms with Crippen LogP contribution in [-0.4, -0.2) is 41.4 Å². The first-order valence-electron chi connectivity index (χ1n) is 8.98. The molecule has 1 amide bonds. The molecular weight excluding hydrogens is 303 g/mol.